The molecule has 166 valence electrons. The molecule has 2 rings (SSSR count). The highest BCUT2D eigenvalue weighted by molar-refractivity contribution is 14.0. The molecule has 0 bridgehead atoms. The van der Waals surface area contributed by atoms with Crippen molar-refractivity contribution in [3.63, 3.8) is 0 Å². The molecule has 0 amide bonds. The minimum Gasteiger partial charge on any atom is -0.493 e. The first-order chi connectivity index (χ1) is 13.5. The van der Waals surface area contributed by atoms with Gasteiger partial charge in [-0.3, -0.25) is 9.89 Å². The first kappa shape index (κ1) is 25.9. The Bertz CT molecular complexity index is 717. The number of nitrogens with zero attached hydrogens (tertiary/aromatic N) is 2. The predicted molar refractivity (Wildman–Crippen MR) is 129 cm³/mol. The first-order valence-electron chi connectivity index (χ1n) is 9.72. The van der Waals surface area contributed by atoms with Crippen LogP contribution in [0.4, 0.5) is 5.69 Å². The lowest BCUT2D eigenvalue weighted by Crippen LogP contribution is -2.41. The van der Waals surface area contributed by atoms with Crippen molar-refractivity contribution in [3.8, 4) is 5.75 Å². The Balaban J connectivity index is 0.00000420. The van der Waals surface area contributed by atoms with Crippen LogP contribution in [0, 0.1) is 0 Å². The molecule has 0 spiro atoms. The Morgan fingerprint density at radius 2 is 2.00 bits per heavy atom. The average molecular weight is 540 g/mol. The summed E-state index contributed by atoms with van der Waals surface area (Å²) in [5, 5.41) is 6.52. The van der Waals surface area contributed by atoms with Gasteiger partial charge in [-0.2, -0.15) is 0 Å². The van der Waals surface area contributed by atoms with Gasteiger partial charge in [0, 0.05) is 58.1 Å². The van der Waals surface area contributed by atoms with Crippen LogP contribution in [0.2, 0.25) is 0 Å². The fraction of sp³-hybridized carbons (Fsp3) is 0.632. The molecule has 8 nitrogen and oxygen atoms in total. The van der Waals surface area contributed by atoms with Crippen molar-refractivity contribution >= 4 is 45.5 Å². The molecule has 1 heterocycles. The SMILES string of the molecule is CCNC(=NCCN1CCS(=O)(=O)CC1)Nc1cccc(OCCCOC)c1.I. The first-order valence-corrected chi connectivity index (χ1v) is 11.5. The molecule has 0 radical (unpaired) electrons. The van der Waals surface area contributed by atoms with Crippen molar-refractivity contribution in [1.29, 1.82) is 0 Å². The van der Waals surface area contributed by atoms with Crippen molar-refractivity contribution in [2.45, 2.75) is 13.3 Å². The van der Waals surface area contributed by atoms with Crippen molar-refractivity contribution in [2.75, 3.05) is 69.9 Å². The third kappa shape index (κ3) is 10.5. The Labute approximate surface area is 191 Å². The van der Waals surface area contributed by atoms with E-state index < -0.39 is 9.84 Å². The number of aliphatic imine (C=N–C) groups is 1. The van der Waals surface area contributed by atoms with E-state index in [1.54, 1.807) is 7.11 Å². The van der Waals surface area contributed by atoms with Gasteiger partial charge < -0.3 is 20.1 Å². The lowest BCUT2D eigenvalue weighted by molar-refractivity contribution is 0.172. The molecular weight excluding hydrogens is 507 g/mol. The summed E-state index contributed by atoms with van der Waals surface area (Å²) < 4.78 is 33.8. The van der Waals surface area contributed by atoms with Gasteiger partial charge in [0.05, 0.1) is 24.7 Å². The van der Waals surface area contributed by atoms with Gasteiger partial charge in [0.2, 0.25) is 0 Å². The van der Waals surface area contributed by atoms with Crippen LogP contribution in [-0.2, 0) is 14.6 Å². The summed E-state index contributed by atoms with van der Waals surface area (Å²) in [6, 6.07) is 7.76. The zero-order valence-electron chi connectivity index (χ0n) is 17.2. The van der Waals surface area contributed by atoms with Crippen molar-refractivity contribution in [2.24, 2.45) is 4.99 Å². The number of anilines is 1. The topological polar surface area (TPSA) is 92.3 Å². The van der Waals surface area contributed by atoms with Gasteiger partial charge in [0.15, 0.2) is 15.8 Å². The number of halogens is 1. The molecule has 1 aliphatic rings. The summed E-state index contributed by atoms with van der Waals surface area (Å²) in [7, 11) is -1.16. The van der Waals surface area contributed by atoms with Gasteiger partial charge in [-0.05, 0) is 19.1 Å². The highest BCUT2D eigenvalue weighted by Crippen LogP contribution is 2.17. The predicted octanol–water partition coefficient (Wildman–Crippen LogP) is 1.83. The van der Waals surface area contributed by atoms with Crippen molar-refractivity contribution < 1.29 is 17.9 Å². The molecule has 0 aromatic heterocycles. The zero-order chi connectivity index (χ0) is 20.2. The summed E-state index contributed by atoms with van der Waals surface area (Å²) in [5.74, 6) is 1.98. The minimum atomic E-state index is -2.84. The monoisotopic (exact) mass is 540 g/mol. The maximum Gasteiger partial charge on any atom is 0.195 e. The van der Waals surface area contributed by atoms with E-state index in [-0.39, 0.29) is 35.5 Å². The number of guanidine groups is 1. The fourth-order valence-corrected chi connectivity index (χ4v) is 4.05. The van der Waals surface area contributed by atoms with Crippen LogP contribution >= 0.6 is 24.0 Å². The van der Waals surface area contributed by atoms with E-state index in [1.807, 2.05) is 31.2 Å². The van der Waals surface area contributed by atoms with Gasteiger partial charge in [0.1, 0.15) is 5.75 Å². The van der Waals surface area contributed by atoms with Gasteiger partial charge in [-0.1, -0.05) is 6.07 Å². The molecule has 0 unspecified atom stereocenters. The van der Waals surface area contributed by atoms with E-state index in [2.05, 4.69) is 20.5 Å². The van der Waals surface area contributed by atoms with E-state index in [4.69, 9.17) is 9.47 Å². The number of hydrogen-bond donors (Lipinski definition) is 2. The Morgan fingerprint density at radius 1 is 1.24 bits per heavy atom. The second-order valence-corrected chi connectivity index (χ2v) is 8.91. The van der Waals surface area contributed by atoms with Crippen LogP contribution in [0.15, 0.2) is 29.3 Å². The third-order valence-electron chi connectivity index (χ3n) is 4.33. The summed E-state index contributed by atoms with van der Waals surface area (Å²) >= 11 is 0. The molecule has 1 aliphatic heterocycles. The van der Waals surface area contributed by atoms with E-state index in [9.17, 15) is 8.42 Å². The Hall–Kier alpha value is -1.11. The molecule has 1 aromatic rings. The molecule has 1 fully saturated rings. The largest absolute Gasteiger partial charge is 0.493 e. The van der Waals surface area contributed by atoms with Crippen LogP contribution < -0.4 is 15.4 Å². The number of sulfone groups is 1. The standard InChI is InChI=1S/C19H32N4O4S.HI/c1-3-20-19(21-8-9-23-10-14-28(24,25)15-11-23)22-17-6-4-7-18(16-17)27-13-5-12-26-2;/h4,6-7,16H,3,5,8-15H2,1-2H3,(H2,20,21,22);1H. The number of nitrogens with one attached hydrogen (secondary N) is 2. The number of methoxy groups -OCH3 is 1. The van der Waals surface area contributed by atoms with E-state index in [0.29, 0.717) is 38.8 Å². The lowest BCUT2D eigenvalue weighted by Gasteiger charge is -2.25. The third-order valence-corrected chi connectivity index (χ3v) is 5.93. The number of hydrogen-bond acceptors (Lipinski definition) is 6. The van der Waals surface area contributed by atoms with Crippen LogP contribution in [0.5, 0.6) is 5.75 Å². The number of ether oxygens (including phenoxy) is 2. The van der Waals surface area contributed by atoms with Gasteiger partial charge in [-0.15, -0.1) is 24.0 Å². The summed E-state index contributed by atoms with van der Waals surface area (Å²) in [6.45, 7) is 6.57. The van der Waals surface area contributed by atoms with E-state index in [0.717, 1.165) is 30.9 Å². The minimum absolute atomic E-state index is 0. The summed E-state index contributed by atoms with van der Waals surface area (Å²) in [4.78, 5) is 6.74. The maximum absolute atomic E-state index is 11.5. The van der Waals surface area contributed by atoms with Crippen LogP contribution in [0.3, 0.4) is 0 Å². The summed E-state index contributed by atoms with van der Waals surface area (Å²) in [5.41, 5.74) is 0.896. The molecule has 0 atom stereocenters. The van der Waals surface area contributed by atoms with Gasteiger partial charge in [-0.25, -0.2) is 8.42 Å². The zero-order valence-corrected chi connectivity index (χ0v) is 20.4. The van der Waals surface area contributed by atoms with E-state index in [1.165, 1.54) is 0 Å². The molecule has 10 heteroatoms. The van der Waals surface area contributed by atoms with Crippen LogP contribution in [0.1, 0.15) is 13.3 Å². The Morgan fingerprint density at radius 3 is 2.69 bits per heavy atom. The van der Waals surface area contributed by atoms with Crippen LogP contribution in [-0.4, -0.2) is 83.8 Å². The molecule has 1 aromatic carbocycles. The highest BCUT2D eigenvalue weighted by atomic mass is 127. The summed E-state index contributed by atoms with van der Waals surface area (Å²) in [6.07, 6.45) is 0.843. The van der Waals surface area contributed by atoms with Crippen molar-refractivity contribution in [3.05, 3.63) is 24.3 Å². The van der Waals surface area contributed by atoms with Crippen LogP contribution in [0.25, 0.3) is 0 Å². The molecular formula is C19H33IN4O4S. The van der Waals surface area contributed by atoms with E-state index >= 15 is 0 Å². The maximum atomic E-state index is 11.5. The molecule has 0 saturated carbocycles. The lowest BCUT2D eigenvalue weighted by atomic mass is 10.3. The molecule has 29 heavy (non-hydrogen) atoms. The van der Waals surface area contributed by atoms with Gasteiger partial charge in [0.25, 0.3) is 0 Å². The number of benzene rings is 1. The van der Waals surface area contributed by atoms with Crippen molar-refractivity contribution in [1.82, 2.24) is 10.2 Å². The quantitative estimate of drug-likeness (QED) is 0.203. The number of rotatable bonds is 10. The normalized spacial score (nSPS) is 16.7. The molecule has 0 aliphatic carbocycles. The molecule has 1 saturated heterocycles. The molecule has 2 N–H and O–H groups in total. The Kier molecular flexibility index (Phi) is 12.5. The van der Waals surface area contributed by atoms with Gasteiger partial charge >= 0.3 is 0 Å². The second-order valence-electron chi connectivity index (χ2n) is 6.60. The smallest absolute Gasteiger partial charge is 0.195 e. The highest BCUT2D eigenvalue weighted by Gasteiger charge is 2.20. The fourth-order valence-electron chi connectivity index (χ4n) is 2.78. The average Bonchev–Trinajstić information content (AvgIpc) is 2.67. The second kappa shape index (κ2) is 14.0.